The Morgan fingerprint density at radius 1 is 1.28 bits per heavy atom. The Bertz CT molecular complexity index is 1030. The zero-order chi connectivity index (χ0) is 23.8. The number of hydrogen-bond acceptors (Lipinski definition) is 8. The van der Waals surface area contributed by atoms with Crippen molar-refractivity contribution in [3.05, 3.63) is 34.1 Å². The molecular formula is C22H24ClNO8. The quantitative estimate of drug-likeness (QED) is 0.608. The lowest BCUT2D eigenvalue weighted by atomic mass is 9.75. The molecule has 1 heterocycles. The number of halogens is 1. The van der Waals surface area contributed by atoms with E-state index < -0.39 is 35.1 Å². The van der Waals surface area contributed by atoms with E-state index in [1.54, 1.807) is 13.8 Å². The third-order valence-corrected chi connectivity index (χ3v) is 6.13. The molecule has 2 aliphatic rings. The second kappa shape index (κ2) is 8.91. The highest BCUT2D eigenvalue weighted by Crippen LogP contribution is 2.52. The summed E-state index contributed by atoms with van der Waals surface area (Å²) in [5, 5.41) is 2.38. The van der Waals surface area contributed by atoms with Gasteiger partial charge in [-0.05, 0) is 13.0 Å². The van der Waals surface area contributed by atoms with Crippen LogP contribution in [-0.4, -0.2) is 62.8 Å². The van der Waals surface area contributed by atoms with Gasteiger partial charge in [0.05, 0.1) is 25.8 Å². The Labute approximate surface area is 190 Å². The van der Waals surface area contributed by atoms with Gasteiger partial charge >= 0.3 is 0 Å². The molecule has 9 nitrogen and oxygen atoms in total. The lowest BCUT2D eigenvalue weighted by Crippen LogP contribution is -2.51. The van der Waals surface area contributed by atoms with Crippen LogP contribution in [0.3, 0.4) is 0 Å². The number of hydrogen-bond donors (Lipinski definition) is 1. The minimum absolute atomic E-state index is 0.0139. The fourth-order valence-electron chi connectivity index (χ4n) is 3.89. The predicted octanol–water partition coefficient (Wildman–Crippen LogP) is 2.14. The Morgan fingerprint density at radius 3 is 2.56 bits per heavy atom. The molecule has 10 heteroatoms. The molecule has 0 saturated heterocycles. The van der Waals surface area contributed by atoms with Crippen LogP contribution in [0.5, 0.6) is 11.5 Å². The molecule has 1 aromatic carbocycles. The summed E-state index contributed by atoms with van der Waals surface area (Å²) in [6.45, 7) is 2.90. The van der Waals surface area contributed by atoms with Crippen LogP contribution in [0.2, 0.25) is 5.02 Å². The molecule has 32 heavy (non-hydrogen) atoms. The molecule has 0 saturated carbocycles. The van der Waals surface area contributed by atoms with E-state index in [1.807, 2.05) is 0 Å². The third-order valence-electron chi connectivity index (χ3n) is 5.76. The van der Waals surface area contributed by atoms with Gasteiger partial charge in [0.2, 0.25) is 17.3 Å². The van der Waals surface area contributed by atoms with Gasteiger partial charge < -0.3 is 24.3 Å². The summed E-state index contributed by atoms with van der Waals surface area (Å²) in [6, 6.07) is 1.34. The van der Waals surface area contributed by atoms with Crippen molar-refractivity contribution in [1.29, 1.82) is 0 Å². The zero-order valence-corrected chi connectivity index (χ0v) is 19.1. The summed E-state index contributed by atoms with van der Waals surface area (Å²) < 4.78 is 21.7. The molecule has 1 aromatic rings. The van der Waals surface area contributed by atoms with Crippen LogP contribution >= 0.6 is 11.6 Å². The highest BCUT2D eigenvalue weighted by Gasteiger charge is 2.59. The average Bonchev–Trinajstić information content (AvgIpc) is 3.09. The first-order valence-electron chi connectivity index (χ1n) is 9.89. The Morgan fingerprint density at radius 2 is 1.97 bits per heavy atom. The second-order valence-electron chi connectivity index (χ2n) is 7.61. The first-order chi connectivity index (χ1) is 15.1. The lowest BCUT2D eigenvalue weighted by Gasteiger charge is -2.36. The molecule has 1 N–H and O–H groups in total. The van der Waals surface area contributed by atoms with Crippen LogP contribution < -0.4 is 14.8 Å². The molecule has 1 amide bonds. The van der Waals surface area contributed by atoms with E-state index >= 15 is 0 Å². The summed E-state index contributed by atoms with van der Waals surface area (Å²) in [5.41, 5.74) is -1.51. The highest BCUT2D eigenvalue weighted by molar-refractivity contribution is 6.37. The van der Waals surface area contributed by atoms with E-state index in [0.29, 0.717) is 0 Å². The molecular weight excluding hydrogens is 442 g/mol. The lowest BCUT2D eigenvalue weighted by molar-refractivity contribution is -0.129. The smallest absolute Gasteiger partial charge is 0.249 e. The molecule has 1 spiro atoms. The summed E-state index contributed by atoms with van der Waals surface area (Å²) in [6.07, 6.45) is 0.577. The first kappa shape index (κ1) is 23.7. The van der Waals surface area contributed by atoms with Crippen molar-refractivity contribution in [1.82, 2.24) is 5.32 Å². The number of carbonyl (C=O) groups is 4. The number of methoxy groups -OCH3 is 3. The topological polar surface area (TPSA) is 117 Å². The predicted molar refractivity (Wildman–Crippen MR) is 113 cm³/mol. The molecule has 0 radical (unpaired) electrons. The normalized spacial score (nSPS) is 22.7. The van der Waals surface area contributed by atoms with Crippen molar-refractivity contribution in [2.24, 2.45) is 5.92 Å². The molecule has 0 bridgehead atoms. The van der Waals surface area contributed by atoms with Crippen molar-refractivity contribution < 1.29 is 38.1 Å². The van der Waals surface area contributed by atoms with Gasteiger partial charge in [-0.15, -0.1) is 0 Å². The van der Waals surface area contributed by atoms with Gasteiger partial charge in [-0.1, -0.05) is 18.5 Å². The van der Waals surface area contributed by atoms with Crippen LogP contribution in [0.15, 0.2) is 17.9 Å². The number of rotatable bonds is 7. The van der Waals surface area contributed by atoms with Gasteiger partial charge in [0.25, 0.3) is 0 Å². The number of amides is 1. The number of nitrogens with one attached hydrogen (secondary N) is 1. The fourth-order valence-corrected chi connectivity index (χ4v) is 4.18. The zero-order valence-electron chi connectivity index (χ0n) is 18.4. The van der Waals surface area contributed by atoms with Gasteiger partial charge in [0, 0.05) is 31.1 Å². The standard InChI is InChI=1S/C22H24ClNO8/c1-10-6-12(25)7-16(31-5)22(10)20(27)17-15(30-4)8-13(18(23)19(17)32-22)14(26)9-24-21(28)11(2)29-3/h7-8,10-11H,6,9H2,1-5H3,(H,24,28)/t10-,11+,22+/m1/s1. The van der Waals surface area contributed by atoms with Gasteiger partial charge in [-0.25, -0.2) is 0 Å². The summed E-state index contributed by atoms with van der Waals surface area (Å²) in [4.78, 5) is 50.3. The summed E-state index contributed by atoms with van der Waals surface area (Å²) in [7, 11) is 4.07. The van der Waals surface area contributed by atoms with Crippen molar-refractivity contribution in [2.75, 3.05) is 27.9 Å². The number of ketones is 3. The van der Waals surface area contributed by atoms with E-state index in [9.17, 15) is 19.2 Å². The fraction of sp³-hybridized carbons (Fsp3) is 0.455. The van der Waals surface area contributed by atoms with Gasteiger partial charge in [-0.3, -0.25) is 19.2 Å². The summed E-state index contributed by atoms with van der Waals surface area (Å²) >= 11 is 6.50. The van der Waals surface area contributed by atoms with Crippen LogP contribution in [0.1, 0.15) is 41.0 Å². The number of ether oxygens (including phenoxy) is 4. The Balaban J connectivity index is 2.03. The highest BCUT2D eigenvalue weighted by atomic mass is 35.5. The number of benzene rings is 1. The maximum absolute atomic E-state index is 13.5. The molecule has 172 valence electrons. The van der Waals surface area contributed by atoms with Crippen LogP contribution in [0.25, 0.3) is 0 Å². The average molecular weight is 466 g/mol. The van der Waals surface area contributed by atoms with Crippen LogP contribution in [0.4, 0.5) is 0 Å². The van der Waals surface area contributed by atoms with Crippen molar-refractivity contribution in [3.63, 3.8) is 0 Å². The van der Waals surface area contributed by atoms with Gasteiger partial charge in [0.1, 0.15) is 17.4 Å². The van der Waals surface area contributed by atoms with Crippen LogP contribution in [-0.2, 0) is 19.1 Å². The van der Waals surface area contributed by atoms with Crippen LogP contribution in [0, 0.1) is 5.92 Å². The van der Waals surface area contributed by atoms with E-state index in [0.717, 1.165) is 0 Å². The third kappa shape index (κ3) is 3.65. The van der Waals surface area contributed by atoms with Gasteiger partial charge in [0.15, 0.2) is 23.1 Å². The molecule has 0 fully saturated rings. The van der Waals surface area contributed by atoms with E-state index in [4.69, 9.17) is 30.5 Å². The maximum Gasteiger partial charge on any atom is 0.249 e. The molecule has 0 unspecified atom stereocenters. The first-order valence-corrected chi connectivity index (χ1v) is 10.3. The number of Topliss-reactive ketones (excluding diaryl/α,β-unsaturated/α-hetero) is 2. The van der Waals surface area contributed by atoms with Crippen molar-refractivity contribution >= 4 is 34.9 Å². The minimum atomic E-state index is -1.59. The molecule has 1 aliphatic heterocycles. The SMILES string of the molecule is COC1=CC(=O)C[C@@H](C)[C@]12Oc1c(Cl)c(C(=O)CNC(=O)[C@H](C)OC)cc(OC)c1C2=O. The molecule has 1 aliphatic carbocycles. The van der Waals surface area contributed by atoms with Crippen molar-refractivity contribution in [3.8, 4) is 11.5 Å². The van der Waals surface area contributed by atoms with E-state index in [1.165, 1.54) is 33.5 Å². The number of allylic oxidation sites excluding steroid dienone is 1. The van der Waals surface area contributed by atoms with Gasteiger partial charge in [-0.2, -0.15) is 0 Å². The van der Waals surface area contributed by atoms with Crippen molar-refractivity contribution in [2.45, 2.75) is 32.0 Å². The molecule has 3 atom stereocenters. The number of carbonyl (C=O) groups excluding carboxylic acids is 4. The van der Waals surface area contributed by atoms with E-state index in [-0.39, 0.29) is 52.2 Å². The number of fused-ring (bicyclic) bond motifs is 1. The Kier molecular flexibility index (Phi) is 6.61. The summed E-state index contributed by atoms with van der Waals surface area (Å²) in [5.74, 6) is -2.07. The largest absolute Gasteiger partial charge is 0.496 e. The maximum atomic E-state index is 13.5. The molecule has 0 aromatic heterocycles. The van der Waals surface area contributed by atoms with E-state index in [2.05, 4.69) is 5.32 Å². The Hall–Kier alpha value is -2.91. The monoisotopic (exact) mass is 465 g/mol. The second-order valence-corrected chi connectivity index (χ2v) is 7.99. The minimum Gasteiger partial charge on any atom is -0.496 e. The molecule has 3 rings (SSSR count).